The molecule has 0 aliphatic heterocycles. The molecule has 3 atom stereocenters. The van der Waals surface area contributed by atoms with E-state index in [1.807, 2.05) is 0 Å². The fourth-order valence-corrected chi connectivity index (χ4v) is 3.27. The van der Waals surface area contributed by atoms with Gasteiger partial charge in [0.2, 0.25) is 5.91 Å². The number of hydrogen-bond acceptors (Lipinski definition) is 2. The minimum Gasteiger partial charge on any atom is -0.356 e. The van der Waals surface area contributed by atoms with Crippen molar-refractivity contribution in [1.82, 2.24) is 10.6 Å². The summed E-state index contributed by atoms with van der Waals surface area (Å²) in [7, 11) is 0. The highest BCUT2D eigenvalue weighted by Gasteiger charge is 2.38. The van der Waals surface area contributed by atoms with Crippen molar-refractivity contribution in [2.75, 3.05) is 13.1 Å². The highest BCUT2D eigenvalue weighted by Crippen LogP contribution is 2.44. The summed E-state index contributed by atoms with van der Waals surface area (Å²) >= 11 is 0. The van der Waals surface area contributed by atoms with Gasteiger partial charge in [0, 0.05) is 25.6 Å². The first kappa shape index (κ1) is 12.9. The summed E-state index contributed by atoms with van der Waals surface area (Å²) in [6, 6.07) is 0.701. The zero-order valence-electron chi connectivity index (χ0n) is 11.2. The number of rotatable bonds is 6. The maximum atomic E-state index is 11.5. The summed E-state index contributed by atoms with van der Waals surface area (Å²) < 4.78 is 0. The van der Waals surface area contributed by atoms with E-state index in [4.69, 9.17) is 0 Å². The minimum absolute atomic E-state index is 0.189. The second-order valence-corrected chi connectivity index (χ2v) is 6.18. The summed E-state index contributed by atoms with van der Waals surface area (Å²) in [6.07, 6.45) is 6.25. The van der Waals surface area contributed by atoms with Crippen LogP contribution in [0.1, 0.15) is 46.0 Å². The van der Waals surface area contributed by atoms with Gasteiger partial charge in [0.25, 0.3) is 0 Å². The molecule has 0 aromatic heterocycles. The molecule has 2 bridgehead atoms. The number of carbonyl (C=O) groups is 1. The van der Waals surface area contributed by atoms with Gasteiger partial charge in [0.15, 0.2) is 0 Å². The van der Waals surface area contributed by atoms with Gasteiger partial charge in [-0.2, -0.15) is 0 Å². The molecule has 3 heteroatoms. The highest BCUT2D eigenvalue weighted by atomic mass is 16.1. The van der Waals surface area contributed by atoms with Crippen molar-refractivity contribution in [3.8, 4) is 0 Å². The van der Waals surface area contributed by atoms with Crippen molar-refractivity contribution in [1.29, 1.82) is 0 Å². The molecule has 98 valence electrons. The van der Waals surface area contributed by atoms with E-state index in [0.29, 0.717) is 18.4 Å². The summed E-state index contributed by atoms with van der Waals surface area (Å²) in [6.45, 7) is 5.88. The van der Waals surface area contributed by atoms with Crippen molar-refractivity contribution in [2.24, 2.45) is 17.8 Å². The van der Waals surface area contributed by atoms with E-state index in [1.54, 1.807) is 0 Å². The molecule has 0 saturated heterocycles. The van der Waals surface area contributed by atoms with Crippen LogP contribution >= 0.6 is 0 Å². The Kier molecular flexibility index (Phi) is 4.43. The van der Waals surface area contributed by atoms with E-state index in [0.717, 1.165) is 24.9 Å². The normalized spacial score (nSPS) is 31.1. The van der Waals surface area contributed by atoms with Crippen LogP contribution in [0, 0.1) is 17.8 Å². The smallest absolute Gasteiger partial charge is 0.221 e. The maximum absolute atomic E-state index is 11.5. The van der Waals surface area contributed by atoms with Gasteiger partial charge in [-0.25, -0.2) is 0 Å². The van der Waals surface area contributed by atoms with Crippen molar-refractivity contribution in [2.45, 2.75) is 52.0 Å². The molecule has 2 rings (SSSR count). The summed E-state index contributed by atoms with van der Waals surface area (Å²) in [5.74, 6) is 2.61. The van der Waals surface area contributed by atoms with Crippen molar-refractivity contribution in [3.63, 3.8) is 0 Å². The molecule has 1 amide bonds. The fourth-order valence-electron chi connectivity index (χ4n) is 3.27. The van der Waals surface area contributed by atoms with Crippen molar-refractivity contribution < 1.29 is 4.79 Å². The van der Waals surface area contributed by atoms with Gasteiger partial charge in [0.05, 0.1) is 0 Å². The van der Waals surface area contributed by atoms with Crippen LogP contribution in [0.3, 0.4) is 0 Å². The van der Waals surface area contributed by atoms with Gasteiger partial charge in [0.1, 0.15) is 0 Å². The van der Waals surface area contributed by atoms with E-state index in [9.17, 15) is 4.79 Å². The number of amides is 1. The Labute approximate surface area is 105 Å². The van der Waals surface area contributed by atoms with Gasteiger partial charge in [-0.1, -0.05) is 20.3 Å². The monoisotopic (exact) mass is 238 g/mol. The Balaban J connectivity index is 1.55. The molecular weight excluding hydrogens is 212 g/mol. The first-order valence-corrected chi connectivity index (χ1v) is 7.15. The van der Waals surface area contributed by atoms with E-state index in [-0.39, 0.29) is 5.91 Å². The van der Waals surface area contributed by atoms with Crippen molar-refractivity contribution in [3.05, 3.63) is 0 Å². The zero-order chi connectivity index (χ0) is 12.3. The average Bonchev–Trinajstić information content (AvgIpc) is 2.88. The second-order valence-electron chi connectivity index (χ2n) is 6.18. The van der Waals surface area contributed by atoms with Gasteiger partial charge in [-0.05, 0) is 37.0 Å². The molecule has 2 fully saturated rings. The molecule has 0 aromatic rings. The van der Waals surface area contributed by atoms with E-state index >= 15 is 0 Å². The fraction of sp³-hybridized carbons (Fsp3) is 0.929. The lowest BCUT2D eigenvalue weighted by Crippen LogP contribution is -2.37. The number of carbonyl (C=O) groups excluding carboxylic acids is 1. The third-order valence-corrected chi connectivity index (χ3v) is 4.20. The van der Waals surface area contributed by atoms with Crippen LogP contribution in [0.4, 0.5) is 0 Å². The third kappa shape index (κ3) is 3.70. The molecule has 0 heterocycles. The molecule has 2 aliphatic carbocycles. The largest absolute Gasteiger partial charge is 0.356 e. The molecule has 3 nitrogen and oxygen atoms in total. The Morgan fingerprint density at radius 2 is 2.12 bits per heavy atom. The van der Waals surface area contributed by atoms with Crippen molar-refractivity contribution >= 4 is 5.91 Å². The van der Waals surface area contributed by atoms with E-state index in [1.165, 1.54) is 25.7 Å². The molecule has 0 radical (unpaired) electrons. The van der Waals surface area contributed by atoms with Crippen LogP contribution in [0.15, 0.2) is 0 Å². The molecule has 2 N–H and O–H groups in total. The molecular formula is C14H26N2O. The first-order valence-electron chi connectivity index (χ1n) is 7.15. The molecule has 2 aliphatic rings. The maximum Gasteiger partial charge on any atom is 0.221 e. The highest BCUT2D eigenvalue weighted by molar-refractivity contribution is 5.76. The van der Waals surface area contributed by atoms with Gasteiger partial charge >= 0.3 is 0 Å². The van der Waals surface area contributed by atoms with Gasteiger partial charge < -0.3 is 10.6 Å². The molecule has 3 unspecified atom stereocenters. The molecule has 0 aromatic carbocycles. The minimum atomic E-state index is 0.189. The lowest BCUT2D eigenvalue weighted by atomic mass is 9.95. The second kappa shape index (κ2) is 5.85. The lowest BCUT2D eigenvalue weighted by Gasteiger charge is -2.22. The number of hydrogen-bond donors (Lipinski definition) is 2. The van der Waals surface area contributed by atoms with Gasteiger partial charge in [-0.3, -0.25) is 4.79 Å². The average molecular weight is 238 g/mol. The van der Waals surface area contributed by atoms with Crippen LogP contribution < -0.4 is 10.6 Å². The quantitative estimate of drug-likeness (QED) is 0.742. The molecule has 17 heavy (non-hydrogen) atoms. The Bertz CT molecular complexity index is 265. The predicted molar refractivity (Wildman–Crippen MR) is 69.7 cm³/mol. The summed E-state index contributed by atoms with van der Waals surface area (Å²) in [5.41, 5.74) is 0. The Hall–Kier alpha value is -0.570. The summed E-state index contributed by atoms with van der Waals surface area (Å²) in [4.78, 5) is 11.5. The SMILES string of the molecule is CC(C)CNC(=O)CCNC1CC2CCC1C2. The standard InChI is InChI=1S/C14H26N2O/c1-10(2)9-16-14(17)5-6-15-13-8-11-3-4-12(13)7-11/h10-13,15H,3-9H2,1-2H3,(H,16,17). The van der Waals surface area contributed by atoms with Crippen LogP contribution in [0.2, 0.25) is 0 Å². The summed E-state index contributed by atoms with van der Waals surface area (Å²) in [5, 5.41) is 6.53. The van der Waals surface area contributed by atoms with E-state index < -0.39 is 0 Å². The first-order chi connectivity index (χ1) is 8.15. The topological polar surface area (TPSA) is 41.1 Å². The lowest BCUT2D eigenvalue weighted by molar-refractivity contribution is -0.121. The zero-order valence-corrected chi connectivity index (χ0v) is 11.2. The Morgan fingerprint density at radius 1 is 1.29 bits per heavy atom. The predicted octanol–water partition coefficient (Wildman–Crippen LogP) is 1.93. The number of nitrogens with one attached hydrogen (secondary N) is 2. The number of fused-ring (bicyclic) bond motifs is 2. The van der Waals surface area contributed by atoms with Crippen LogP contribution in [-0.2, 0) is 4.79 Å². The Morgan fingerprint density at radius 3 is 2.71 bits per heavy atom. The third-order valence-electron chi connectivity index (χ3n) is 4.20. The van der Waals surface area contributed by atoms with Crippen LogP contribution in [0.25, 0.3) is 0 Å². The van der Waals surface area contributed by atoms with E-state index in [2.05, 4.69) is 24.5 Å². The molecule has 2 saturated carbocycles. The van der Waals surface area contributed by atoms with Crippen LogP contribution in [-0.4, -0.2) is 25.0 Å². The van der Waals surface area contributed by atoms with Gasteiger partial charge in [-0.15, -0.1) is 0 Å². The molecule has 0 spiro atoms. The van der Waals surface area contributed by atoms with Crippen LogP contribution in [0.5, 0.6) is 0 Å².